The second kappa shape index (κ2) is 22.6. The van der Waals surface area contributed by atoms with Gasteiger partial charge in [-0.2, -0.15) is 0 Å². The lowest BCUT2D eigenvalue weighted by Gasteiger charge is -2.28. The molecule has 6 aromatic carbocycles. The molecule has 0 amide bonds. The highest BCUT2D eigenvalue weighted by Gasteiger charge is 2.24. The van der Waals surface area contributed by atoms with E-state index in [0.717, 1.165) is 58.1 Å². The van der Waals surface area contributed by atoms with Crippen molar-refractivity contribution in [2.75, 3.05) is 0 Å². The van der Waals surface area contributed by atoms with E-state index >= 15 is 0 Å². The van der Waals surface area contributed by atoms with E-state index in [0.29, 0.717) is 33.8 Å². The maximum absolute atomic E-state index is 14.0. The molecule has 2 aliphatic rings. The molecule has 0 radical (unpaired) electrons. The number of hydrogen-bond donors (Lipinski definition) is 0. The van der Waals surface area contributed by atoms with E-state index in [1.165, 1.54) is 127 Å². The van der Waals surface area contributed by atoms with Crippen molar-refractivity contribution in [2.24, 2.45) is 23.7 Å². The Hall–Kier alpha value is -5.22. The summed E-state index contributed by atoms with van der Waals surface area (Å²) in [6.45, 7) is 4.62. The maximum atomic E-state index is 14.0. The Morgan fingerprint density at radius 3 is 1.16 bits per heavy atom. The zero-order chi connectivity index (χ0) is 44.1. The van der Waals surface area contributed by atoms with Crippen LogP contribution in [0.2, 0.25) is 0 Å². The first-order valence-electron chi connectivity index (χ1n) is 25.1. The van der Waals surface area contributed by atoms with Gasteiger partial charge in [0.25, 0.3) is 0 Å². The van der Waals surface area contributed by atoms with Gasteiger partial charge in [0.1, 0.15) is 11.5 Å². The van der Waals surface area contributed by atoms with Gasteiger partial charge in [0.05, 0.1) is 11.1 Å². The van der Waals surface area contributed by atoms with Gasteiger partial charge in [-0.15, -0.1) is 0 Å². The molecular formula is C60H70O4. The molecule has 0 aromatic heterocycles. The summed E-state index contributed by atoms with van der Waals surface area (Å²) in [5, 5.41) is 3.79. The zero-order valence-corrected chi connectivity index (χ0v) is 38.6. The standard InChI is InChI=1S/C60H70O4/c1-3-13-43-23-27-45(28-24-43)15-5-7-17-47-31-35-51(36-32-47)59(61)63-55-41-39-49-19-9-11-21-53(49)57(55)58-54-22-12-10-20-50(54)40-42-56(58)64-60(62)52-37-33-48(34-38-52)18-8-6-16-46-29-25-44(14-4-2)26-30-46/h9-12,19-22,31-46H,3-8,13-18,23-30H2,1-2H3. The maximum Gasteiger partial charge on any atom is 0.343 e. The summed E-state index contributed by atoms with van der Waals surface area (Å²) < 4.78 is 12.7. The van der Waals surface area contributed by atoms with E-state index in [1.54, 1.807) is 0 Å². The lowest BCUT2D eigenvalue weighted by atomic mass is 9.78. The van der Waals surface area contributed by atoms with Crippen molar-refractivity contribution in [2.45, 2.75) is 142 Å². The van der Waals surface area contributed by atoms with Gasteiger partial charge in [0.2, 0.25) is 0 Å². The minimum Gasteiger partial charge on any atom is -0.422 e. The van der Waals surface area contributed by atoms with Gasteiger partial charge in [-0.3, -0.25) is 0 Å². The largest absolute Gasteiger partial charge is 0.422 e. The summed E-state index contributed by atoms with van der Waals surface area (Å²) in [4.78, 5) is 27.9. The average molecular weight is 855 g/mol. The molecule has 8 rings (SSSR count). The second-order valence-corrected chi connectivity index (χ2v) is 19.3. The third kappa shape index (κ3) is 11.7. The van der Waals surface area contributed by atoms with Gasteiger partial charge in [0.15, 0.2) is 0 Å². The number of carbonyl (C=O) groups is 2. The lowest BCUT2D eigenvalue weighted by Crippen LogP contribution is -2.14. The summed E-state index contributed by atoms with van der Waals surface area (Å²) in [7, 11) is 0. The normalized spacial score (nSPS) is 18.8. The summed E-state index contributed by atoms with van der Waals surface area (Å²) in [5.41, 5.74) is 4.93. The van der Waals surface area contributed by atoms with Crippen molar-refractivity contribution in [1.29, 1.82) is 0 Å². The van der Waals surface area contributed by atoms with E-state index in [9.17, 15) is 9.59 Å². The van der Waals surface area contributed by atoms with E-state index in [-0.39, 0.29) is 0 Å². The molecule has 6 aromatic rings. The first-order valence-corrected chi connectivity index (χ1v) is 25.1. The molecule has 334 valence electrons. The van der Waals surface area contributed by atoms with Crippen LogP contribution in [-0.4, -0.2) is 11.9 Å². The Morgan fingerprint density at radius 1 is 0.422 bits per heavy atom. The number of benzene rings is 6. The third-order valence-electron chi connectivity index (χ3n) is 14.8. The van der Waals surface area contributed by atoms with Gasteiger partial charge < -0.3 is 9.47 Å². The molecule has 4 nitrogen and oxygen atoms in total. The van der Waals surface area contributed by atoms with Crippen LogP contribution in [-0.2, 0) is 12.8 Å². The molecule has 4 heteroatoms. The quantitative estimate of drug-likeness (QED) is 0.0463. The van der Waals surface area contributed by atoms with Crippen molar-refractivity contribution in [1.82, 2.24) is 0 Å². The van der Waals surface area contributed by atoms with Crippen LogP contribution in [0.25, 0.3) is 32.7 Å². The SMILES string of the molecule is CCCC1CCC(CCCCc2ccc(C(=O)Oc3ccc4ccccc4c3-c3c(OC(=O)c4ccc(CCCCC5CCC(CCC)CC5)cc4)ccc4ccccc34)cc2)CC1. The summed E-state index contributed by atoms with van der Waals surface area (Å²) >= 11 is 0. The lowest BCUT2D eigenvalue weighted by molar-refractivity contribution is 0.0723. The Kier molecular flexibility index (Phi) is 16.0. The smallest absolute Gasteiger partial charge is 0.343 e. The van der Waals surface area contributed by atoms with Gasteiger partial charge in [-0.1, -0.05) is 202 Å². The van der Waals surface area contributed by atoms with E-state index in [1.807, 2.05) is 84.9 Å². The van der Waals surface area contributed by atoms with Gasteiger partial charge in [-0.25, -0.2) is 9.59 Å². The molecule has 0 atom stereocenters. The first kappa shape index (κ1) is 45.4. The average Bonchev–Trinajstić information content (AvgIpc) is 3.33. The monoisotopic (exact) mass is 855 g/mol. The van der Waals surface area contributed by atoms with Crippen LogP contribution in [0.3, 0.4) is 0 Å². The van der Waals surface area contributed by atoms with Crippen LogP contribution in [0.4, 0.5) is 0 Å². The van der Waals surface area contributed by atoms with E-state index in [2.05, 4.69) is 50.2 Å². The fourth-order valence-corrected chi connectivity index (χ4v) is 11.1. The van der Waals surface area contributed by atoms with Crippen LogP contribution < -0.4 is 9.47 Å². The molecular weight excluding hydrogens is 785 g/mol. The minimum absolute atomic E-state index is 0.415. The van der Waals surface area contributed by atoms with Crippen LogP contribution in [0, 0.1) is 23.7 Å². The minimum atomic E-state index is -0.421. The highest BCUT2D eigenvalue weighted by molar-refractivity contribution is 6.11. The predicted molar refractivity (Wildman–Crippen MR) is 266 cm³/mol. The Bertz CT molecular complexity index is 2260. The Balaban J connectivity index is 0.943. The molecule has 64 heavy (non-hydrogen) atoms. The predicted octanol–water partition coefficient (Wildman–Crippen LogP) is 16.7. The molecule has 0 bridgehead atoms. The van der Waals surface area contributed by atoms with Crippen LogP contribution in [0.1, 0.15) is 161 Å². The summed E-state index contributed by atoms with van der Waals surface area (Å²) in [6, 6.07) is 39.7. The zero-order valence-electron chi connectivity index (χ0n) is 38.6. The number of aryl methyl sites for hydroxylation is 2. The molecule has 0 spiro atoms. The van der Waals surface area contributed by atoms with Gasteiger partial charge in [0, 0.05) is 11.1 Å². The number of unbranched alkanes of at least 4 members (excludes halogenated alkanes) is 2. The highest BCUT2D eigenvalue weighted by Crippen LogP contribution is 2.46. The van der Waals surface area contributed by atoms with Gasteiger partial charge >= 0.3 is 11.9 Å². The molecule has 2 saturated carbocycles. The fraction of sp³-hybridized carbons (Fsp3) is 0.433. The number of rotatable bonds is 19. The molecule has 0 saturated heterocycles. The summed E-state index contributed by atoms with van der Waals surface area (Å²) in [6.07, 6.45) is 26.3. The third-order valence-corrected chi connectivity index (χ3v) is 14.8. The van der Waals surface area contributed by atoms with Crippen molar-refractivity contribution in [3.63, 3.8) is 0 Å². The molecule has 2 fully saturated rings. The van der Waals surface area contributed by atoms with Crippen LogP contribution >= 0.6 is 0 Å². The number of hydrogen-bond acceptors (Lipinski definition) is 4. The highest BCUT2D eigenvalue weighted by atomic mass is 16.5. The topological polar surface area (TPSA) is 52.6 Å². The second-order valence-electron chi connectivity index (χ2n) is 19.3. The van der Waals surface area contributed by atoms with Gasteiger partial charge in [-0.05, 0) is 118 Å². The molecule has 2 aliphatic carbocycles. The van der Waals surface area contributed by atoms with Crippen molar-refractivity contribution in [3.8, 4) is 22.6 Å². The Labute approximate surface area is 383 Å². The molecule has 0 aliphatic heterocycles. The molecule has 0 unspecified atom stereocenters. The van der Waals surface area contributed by atoms with Crippen LogP contribution in [0.5, 0.6) is 11.5 Å². The first-order chi connectivity index (χ1) is 31.4. The van der Waals surface area contributed by atoms with E-state index in [4.69, 9.17) is 9.47 Å². The van der Waals surface area contributed by atoms with Crippen LogP contribution in [0.15, 0.2) is 121 Å². The van der Waals surface area contributed by atoms with Crippen molar-refractivity contribution in [3.05, 3.63) is 144 Å². The summed E-state index contributed by atoms with van der Waals surface area (Å²) in [5.74, 6) is 3.70. The number of carbonyl (C=O) groups excluding carboxylic acids is 2. The fourth-order valence-electron chi connectivity index (χ4n) is 11.1. The molecule has 0 N–H and O–H groups in total. The number of fused-ring (bicyclic) bond motifs is 2. The van der Waals surface area contributed by atoms with Crippen molar-refractivity contribution >= 4 is 33.5 Å². The molecule has 0 heterocycles. The van der Waals surface area contributed by atoms with Crippen molar-refractivity contribution < 1.29 is 19.1 Å². The number of ether oxygens (including phenoxy) is 2. The Morgan fingerprint density at radius 2 is 0.781 bits per heavy atom. The number of esters is 2. The van der Waals surface area contributed by atoms with E-state index < -0.39 is 11.9 Å².